The fraction of sp³-hybridized carbons (Fsp3) is 0.158. The SMILES string of the molecule is CC(C)c1ccc(NC(=O)c2cc3cc([N+](=O)[O-])ccc3oc2=N)cc1. The Morgan fingerprint density at radius 2 is 1.85 bits per heavy atom. The van der Waals surface area contributed by atoms with Gasteiger partial charge in [-0.05, 0) is 35.7 Å². The monoisotopic (exact) mass is 351 g/mol. The number of benzene rings is 2. The fourth-order valence-corrected chi connectivity index (χ4v) is 2.56. The van der Waals surface area contributed by atoms with Gasteiger partial charge in [0.25, 0.3) is 11.6 Å². The number of hydrogen-bond acceptors (Lipinski definition) is 5. The van der Waals surface area contributed by atoms with Gasteiger partial charge in [0, 0.05) is 23.2 Å². The quantitative estimate of drug-likeness (QED) is 0.542. The van der Waals surface area contributed by atoms with Crippen LogP contribution in [0, 0.1) is 15.5 Å². The number of nitro benzene ring substituents is 1. The van der Waals surface area contributed by atoms with Gasteiger partial charge in [0.05, 0.1) is 4.92 Å². The first-order valence-corrected chi connectivity index (χ1v) is 8.03. The summed E-state index contributed by atoms with van der Waals surface area (Å²) in [5, 5.41) is 21.9. The molecule has 0 radical (unpaired) electrons. The van der Waals surface area contributed by atoms with Crippen molar-refractivity contribution in [2.45, 2.75) is 19.8 Å². The maximum atomic E-state index is 12.5. The van der Waals surface area contributed by atoms with E-state index in [9.17, 15) is 14.9 Å². The lowest BCUT2D eigenvalue weighted by molar-refractivity contribution is -0.384. The molecule has 0 atom stereocenters. The van der Waals surface area contributed by atoms with Gasteiger partial charge in [-0.3, -0.25) is 20.3 Å². The highest BCUT2D eigenvalue weighted by Gasteiger charge is 2.14. The summed E-state index contributed by atoms with van der Waals surface area (Å²) < 4.78 is 5.32. The topological polar surface area (TPSA) is 109 Å². The number of nitrogens with one attached hydrogen (secondary N) is 2. The Hall–Kier alpha value is -3.48. The normalized spacial score (nSPS) is 10.9. The zero-order chi connectivity index (χ0) is 18.8. The Balaban J connectivity index is 1.93. The van der Waals surface area contributed by atoms with Gasteiger partial charge in [-0.2, -0.15) is 0 Å². The third-order valence-electron chi connectivity index (χ3n) is 4.04. The number of rotatable bonds is 4. The van der Waals surface area contributed by atoms with E-state index in [1.807, 2.05) is 12.1 Å². The van der Waals surface area contributed by atoms with E-state index in [1.165, 1.54) is 24.3 Å². The van der Waals surface area contributed by atoms with Crippen LogP contribution in [0.4, 0.5) is 11.4 Å². The maximum Gasteiger partial charge on any atom is 0.270 e. The summed E-state index contributed by atoms with van der Waals surface area (Å²) in [4.78, 5) is 22.9. The molecule has 0 unspecified atom stereocenters. The lowest BCUT2D eigenvalue weighted by Gasteiger charge is -2.09. The molecule has 132 valence electrons. The molecule has 3 rings (SSSR count). The number of fused-ring (bicyclic) bond motifs is 1. The van der Waals surface area contributed by atoms with Crippen LogP contribution < -0.4 is 10.9 Å². The predicted molar refractivity (Wildman–Crippen MR) is 97.2 cm³/mol. The van der Waals surface area contributed by atoms with Crippen LogP contribution >= 0.6 is 0 Å². The molecule has 2 aromatic carbocycles. The Morgan fingerprint density at radius 1 is 1.15 bits per heavy atom. The van der Waals surface area contributed by atoms with Gasteiger partial charge in [-0.15, -0.1) is 0 Å². The molecule has 3 aromatic rings. The molecule has 1 amide bonds. The van der Waals surface area contributed by atoms with Crippen molar-refractivity contribution < 1.29 is 14.1 Å². The zero-order valence-corrected chi connectivity index (χ0v) is 14.3. The fourth-order valence-electron chi connectivity index (χ4n) is 2.56. The third kappa shape index (κ3) is 3.46. The molecule has 0 saturated heterocycles. The van der Waals surface area contributed by atoms with Crippen molar-refractivity contribution in [3.05, 3.63) is 75.3 Å². The number of carbonyl (C=O) groups excluding carboxylic acids is 1. The second kappa shape index (κ2) is 6.79. The molecule has 7 heteroatoms. The number of carbonyl (C=O) groups is 1. The molecule has 1 heterocycles. The second-order valence-corrected chi connectivity index (χ2v) is 6.20. The number of nitro groups is 1. The summed E-state index contributed by atoms with van der Waals surface area (Å²) >= 11 is 0. The van der Waals surface area contributed by atoms with E-state index in [1.54, 1.807) is 12.1 Å². The summed E-state index contributed by atoms with van der Waals surface area (Å²) in [5.41, 5.74) is 1.64. The molecule has 0 spiro atoms. The molecule has 0 aliphatic carbocycles. The van der Waals surface area contributed by atoms with E-state index in [2.05, 4.69) is 19.2 Å². The summed E-state index contributed by atoms with van der Waals surface area (Å²) in [6.45, 7) is 4.16. The Morgan fingerprint density at radius 3 is 2.46 bits per heavy atom. The van der Waals surface area contributed by atoms with Crippen LogP contribution in [0.25, 0.3) is 11.0 Å². The summed E-state index contributed by atoms with van der Waals surface area (Å²) in [7, 11) is 0. The van der Waals surface area contributed by atoms with Crippen LogP contribution in [0.1, 0.15) is 35.7 Å². The number of non-ortho nitro benzene ring substituents is 1. The first-order valence-electron chi connectivity index (χ1n) is 8.03. The highest BCUT2D eigenvalue weighted by molar-refractivity contribution is 6.05. The maximum absolute atomic E-state index is 12.5. The number of hydrogen-bond donors (Lipinski definition) is 2. The van der Waals surface area contributed by atoms with Crippen LogP contribution in [0.3, 0.4) is 0 Å². The first kappa shape index (κ1) is 17.3. The average molecular weight is 351 g/mol. The second-order valence-electron chi connectivity index (χ2n) is 6.20. The van der Waals surface area contributed by atoms with Crippen LogP contribution in [-0.4, -0.2) is 10.8 Å². The highest BCUT2D eigenvalue weighted by Crippen LogP contribution is 2.21. The van der Waals surface area contributed by atoms with E-state index in [-0.39, 0.29) is 16.8 Å². The lowest BCUT2D eigenvalue weighted by Crippen LogP contribution is -2.20. The molecular weight excluding hydrogens is 334 g/mol. The largest absolute Gasteiger partial charge is 0.438 e. The van der Waals surface area contributed by atoms with Crippen molar-refractivity contribution in [1.82, 2.24) is 0 Å². The van der Waals surface area contributed by atoms with Gasteiger partial charge in [0.2, 0.25) is 5.55 Å². The van der Waals surface area contributed by atoms with E-state index < -0.39 is 10.8 Å². The number of amides is 1. The van der Waals surface area contributed by atoms with Crippen LogP contribution in [0.2, 0.25) is 0 Å². The highest BCUT2D eigenvalue weighted by atomic mass is 16.6. The number of anilines is 1. The minimum Gasteiger partial charge on any atom is -0.438 e. The predicted octanol–water partition coefficient (Wildman–Crippen LogP) is 4.20. The Bertz CT molecular complexity index is 1050. The van der Waals surface area contributed by atoms with Crippen LogP contribution in [0.5, 0.6) is 0 Å². The molecule has 0 fully saturated rings. The van der Waals surface area contributed by atoms with Crippen molar-refractivity contribution >= 4 is 28.3 Å². The Kier molecular flexibility index (Phi) is 4.53. The molecule has 0 saturated carbocycles. The molecule has 2 N–H and O–H groups in total. The van der Waals surface area contributed by atoms with Crippen molar-refractivity contribution in [3.63, 3.8) is 0 Å². The molecule has 7 nitrogen and oxygen atoms in total. The Labute approximate surface area is 148 Å². The van der Waals surface area contributed by atoms with Gasteiger partial charge in [-0.1, -0.05) is 26.0 Å². The van der Waals surface area contributed by atoms with Gasteiger partial charge in [0.1, 0.15) is 11.1 Å². The zero-order valence-electron chi connectivity index (χ0n) is 14.3. The first-order chi connectivity index (χ1) is 12.3. The molecule has 1 aromatic heterocycles. The van der Waals surface area contributed by atoms with E-state index in [0.717, 1.165) is 5.56 Å². The van der Waals surface area contributed by atoms with E-state index >= 15 is 0 Å². The summed E-state index contributed by atoms with van der Waals surface area (Å²) in [5.74, 6) is -0.126. The van der Waals surface area contributed by atoms with Gasteiger partial charge in [0.15, 0.2) is 0 Å². The van der Waals surface area contributed by atoms with Gasteiger partial charge < -0.3 is 9.73 Å². The van der Waals surface area contributed by atoms with E-state index in [4.69, 9.17) is 9.83 Å². The van der Waals surface area contributed by atoms with Crippen molar-refractivity contribution in [2.24, 2.45) is 0 Å². The minimum atomic E-state index is -0.524. The smallest absolute Gasteiger partial charge is 0.270 e. The molecule has 26 heavy (non-hydrogen) atoms. The van der Waals surface area contributed by atoms with Crippen LogP contribution in [-0.2, 0) is 0 Å². The van der Waals surface area contributed by atoms with Crippen molar-refractivity contribution in [3.8, 4) is 0 Å². The molecular formula is C19H17N3O4. The standard InChI is InChI=1S/C19H17N3O4/c1-11(2)12-3-5-14(6-4-12)21-19(23)16-10-13-9-15(22(24)25)7-8-17(13)26-18(16)20/h3-11,20H,1-2H3,(H,21,23). The van der Waals surface area contributed by atoms with Crippen LogP contribution in [0.15, 0.2) is 52.9 Å². The summed E-state index contributed by atoms with van der Waals surface area (Å²) in [6, 6.07) is 12.9. The third-order valence-corrected chi connectivity index (χ3v) is 4.04. The van der Waals surface area contributed by atoms with Gasteiger partial charge in [-0.25, -0.2) is 0 Å². The average Bonchev–Trinajstić information content (AvgIpc) is 2.61. The number of nitrogens with zero attached hydrogens (tertiary/aromatic N) is 1. The van der Waals surface area contributed by atoms with Crippen molar-refractivity contribution in [1.29, 1.82) is 5.41 Å². The van der Waals surface area contributed by atoms with E-state index in [0.29, 0.717) is 22.6 Å². The summed E-state index contributed by atoms with van der Waals surface area (Å²) in [6.07, 6.45) is 0. The van der Waals surface area contributed by atoms with Gasteiger partial charge >= 0.3 is 0 Å². The minimum absolute atomic E-state index is 0.00549. The molecule has 0 bridgehead atoms. The van der Waals surface area contributed by atoms with Crippen molar-refractivity contribution in [2.75, 3.05) is 5.32 Å². The lowest BCUT2D eigenvalue weighted by atomic mass is 10.0. The molecule has 0 aliphatic heterocycles. The molecule has 0 aliphatic rings.